The third kappa shape index (κ3) is 6.08. The molecule has 0 aliphatic heterocycles. The van der Waals surface area contributed by atoms with Crippen molar-refractivity contribution in [2.75, 3.05) is 23.8 Å². The van der Waals surface area contributed by atoms with Crippen LogP contribution < -0.4 is 10.6 Å². The van der Waals surface area contributed by atoms with E-state index in [1.165, 1.54) is 18.2 Å². The van der Waals surface area contributed by atoms with Crippen LogP contribution in [0.3, 0.4) is 0 Å². The number of aliphatic hydroxyl groups is 1. The highest BCUT2D eigenvalue weighted by atomic mass is 19.2. The van der Waals surface area contributed by atoms with Crippen molar-refractivity contribution in [2.24, 2.45) is 0 Å². The number of carbonyl (C=O) groups is 2. The zero-order valence-electron chi connectivity index (χ0n) is 17.4. The van der Waals surface area contributed by atoms with Crippen LogP contribution in [0.2, 0.25) is 0 Å². The zero-order chi connectivity index (χ0) is 23.8. The number of halogens is 3. The molecule has 3 rings (SSSR count). The summed E-state index contributed by atoms with van der Waals surface area (Å²) in [5, 5.41) is 14.0. The third-order valence-corrected chi connectivity index (χ3v) is 4.69. The second-order valence-corrected chi connectivity index (χ2v) is 7.05. The molecule has 3 N–H and O–H groups in total. The van der Waals surface area contributed by atoms with Crippen LogP contribution in [0, 0.1) is 17.5 Å². The molecule has 0 saturated carbocycles. The van der Waals surface area contributed by atoms with Crippen LogP contribution in [0.25, 0.3) is 6.08 Å². The van der Waals surface area contributed by atoms with E-state index in [9.17, 15) is 22.8 Å². The molecule has 0 aliphatic carbocycles. The summed E-state index contributed by atoms with van der Waals surface area (Å²) in [5.74, 6) is -6.32. The summed E-state index contributed by atoms with van der Waals surface area (Å²) in [4.78, 5) is 24.5. The van der Waals surface area contributed by atoms with Crippen molar-refractivity contribution in [1.29, 1.82) is 0 Å². The summed E-state index contributed by atoms with van der Waals surface area (Å²) in [6.07, 6.45) is 2.89. The van der Waals surface area contributed by atoms with Gasteiger partial charge in [0, 0.05) is 30.5 Å². The van der Waals surface area contributed by atoms with Crippen LogP contribution in [0.1, 0.15) is 32.7 Å². The van der Waals surface area contributed by atoms with E-state index in [1.807, 2.05) is 0 Å². The molecule has 0 bridgehead atoms. The second-order valence-electron chi connectivity index (χ2n) is 7.05. The van der Waals surface area contributed by atoms with Crippen LogP contribution >= 0.6 is 0 Å². The molecule has 0 unspecified atom stereocenters. The maximum atomic E-state index is 14.5. The predicted molar refractivity (Wildman–Crippen MR) is 121 cm³/mol. The van der Waals surface area contributed by atoms with Gasteiger partial charge in [-0.2, -0.15) is 0 Å². The SMILES string of the molecule is O=C(Nc1cc(F)c(C(=O)/C=C/c2ccc(NCCCO)cc2)c(F)c1F)c1ccccc1. The number of carbonyl (C=O) groups excluding carboxylic acids is 2. The van der Waals surface area contributed by atoms with Gasteiger partial charge in [0.25, 0.3) is 5.91 Å². The molecule has 0 heterocycles. The molecule has 0 radical (unpaired) electrons. The van der Waals surface area contributed by atoms with Gasteiger partial charge in [-0.1, -0.05) is 36.4 Å². The number of aliphatic hydroxyl groups excluding tert-OH is 1. The molecule has 3 aromatic rings. The molecule has 1 amide bonds. The molecular formula is C25H21F3N2O3. The van der Waals surface area contributed by atoms with Crippen molar-refractivity contribution >= 4 is 29.1 Å². The van der Waals surface area contributed by atoms with E-state index in [2.05, 4.69) is 10.6 Å². The van der Waals surface area contributed by atoms with E-state index < -0.39 is 40.4 Å². The van der Waals surface area contributed by atoms with Gasteiger partial charge in [0.1, 0.15) is 5.82 Å². The summed E-state index contributed by atoms with van der Waals surface area (Å²) in [6, 6.07) is 15.2. The average Bonchev–Trinajstić information content (AvgIpc) is 2.82. The van der Waals surface area contributed by atoms with Crippen molar-refractivity contribution in [2.45, 2.75) is 6.42 Å². The van der Waals surface area contributed by atoms with Crippen LogP contribution in [0.15, 0.2) is 66.7 Å². The molecule has 33 heavy (non-hydrogen) atoms. The molecule has 170 valence electrons. The van der Waals surface area contributed by atoms with E-state index in [0.717, 1.165) is 11.8 Å². The van der Waals surface area contributed by atoms with Gasteiger partial charge in [0.15, 0.2) is 17.4 Å². The Kier molecular flexibility index (Phi) is 7.99. The van der Waals surface area contributed by atoms with Gasteiger partial charge in [-0.3, -0.25) is 9.59 Å². The quantitative estimate of drug-likeness (QED) is 0.183. The summed E-state index contributed by atoms with van der Waals surface area (Å²) in [6.45, 7) is 0.667. The first-order valence-electron chi connectivity index (χ1n) is 10.1. The van der Waals surface area contributed by atoms with E-state index in [1.54, 1.807) is 42.5 Å². The predicted octanol–water partition coefficient (Wildman–Crippen LogP) is 5.05. The Labute approximate surface area is 188 Å². The van der Waals surface area contributed by atoms with E-state index in [0.29, 0.717) is 24.6 Å². The molecule has 5 nitrogen and oxygen atoms in total. The van der Waals surface area contributed by atoms with Gasteiger partial charge in [-0.25, -0.2) is 13.2 Å². The molecule has 0 fully saturated rings. The summed E-state index contributed by atoms with van der Waals surface area (Å²) in [5.41, 5.74) is -0.189. The van der Waals surface area contributed by atoms with Crippen molar-refractivity contribution in [1.82, 2.24) is 0 Å². The lowest BCUT2D eigenvalue weighted by atomic mass is 10.1. The lowest BCUT2D eigenvalue weighted by Crippen LogP contribution is -2.15. The summed E-state index contributed by atoms with van der Waals surface area (Å²) in [7, 11) is 0. The highest BCUT2D eigenvalue weighted by Gasteiger charge is 2.24. The first-order chi connectivity index (χ1) is 15.9. The number of anilines is 2. The Hall–Kier alpha value is -3.91. The molecule has 0 spiro atoms. The number of hydrogen-bond acceptors (Lipinski definition) is 4. The van der Waals surface area contributed by atoms with Crippen molar-refractivity contribution < 1.29 is 27.9 Å². The monoisotopic (exact) mass is 454 g/mol. The second kappa shape index (κ2) is 11.1. The fraction of sp³-hybridized carbons (Fsp3) is 0.120. The normalized spacial score (nSPS) is 10.9. The number of hydrogen-bond donors (Lipinski definition) is 3. The van der Waals surface area contributed by atoms with Crippen LogP contribution in [-0.2, 0) is 0 Å². The van der Waals surface area contributed by atoms with Crippen molar-refractivity contribution in [3.8, 4) is 0 Å². The van der Waals surface area contributed by atoms with E-state index in [-0.39, 0.29) is 12.2 Å². The number of nitrogens with one attached hydrogen (secondary N) is 2. The Bertz CT molecular complexity index is 1160. The molecular weight excluding hydrogens is 433 g/mol. The smallest absolute Gasteiger partial charge is 0.255 e. The summed E-state index contributed by atoms with van der Waals surface area (Å²) < 4.78 is 43.4. The first-order valence-corrected chi connectivity index (χ1v) is 10.1. The maximum absolute atomic E-state index is 14.5. The fourth-order valence-electron chi connectivity index (χ4n) is 2.98. The standard InChI is InChI=1S/C25H21F3N2O3/c26-19-15-20(30-25(33)17-5-2-1-3-6-17)23(27)24(28)22(19)21(32)12-9-16-7-10-18(11-8-16)29-13-4-14-31/h1-3,5-12,15,29,31H,4,13-14H2,(H,30,33)/b12-9+. The molecule has 0 aliphatic rings. The van der Waals surface area contributed by atoms with Crippen LogP contribution in [0.4, 0.5) is 24.5 Å². The van der Waals surface area contributed by atoms with Crippen LogP contribution in [-0.4, -0.2) is 29.9 Å². The topological polar surface area (TPSA) is 78.4 Å². The van der Waals surface area contributed by atoms with Gasteiger partial charge < -0.3 is 15.7 Å². The minimum Gasteiger partial charge on any atom is -0.396 e. The van der Waals surface area contributed by atoms with Gasteiger partial charge in [0.2, 0.25) is 0 Å². The Morgan fingerprint density at radius 1 is 0.939 bits per heavy atom. The largest absolute Gasteiger partial charge is 0.396 e. The van der Waals surface area contributed by atoms with E-state index in [4.69, 9.17) is 5.11 Å². The fourth-order valence-corrected chi connectivity index (χ4v) is 2.98. The Morgan fingerprint density at radius 2 is 1.64 bits per heavy atom. The number of benzene rings is 3. The highest BCUT2D eigenvalue weighted by molar-refractivity contribution is 6.08. The lowest BCUT2D eigenvalue weighted by molar-refractivity contribution is 0.102. The van der Waals surface area contributed by atoms with Gasteiger partial charge in [0.05, 0.1) is 11.3 Å². The van der Waals surface area contributed by atoms with Crippen molar-refractivity contribution in [3.05, 3.63) is 101 Å². The highest BCUT2D eigenvalue weighted by Crippen LogP contribution is 2.25. The van der Waals surface area contributed by atoms with Gasteiger partial charge in [-0.15, -0.1) is 0 Å². The molecule has 0 saturated heterocycles. The lowest BCUT2D eigenvalue weighted by Gasteiger charge is -2.10. The van der Waals surface area contributed by atoms with Crippen molar-refractivity contribution in [3.63, 3.8) is 0 Å². The number of ketones is 1. The molecule has 0 atom stereocenters. The molecule has 0 aromatic heterocycles. The number of allylic oxidation sites excluding steroid dienone is 1. The van der Waals surface area contributed by atoms with Gasteiger partial charge in [-0.05, 0) is 42.3 Å². The minimum absolute atomic E-state index is 0.0734. The zero-order valence-corrected chi connectivity index (χ0v) is 17.4. The minimum atomic E-state index is -1.68. The van der Waals surface area contributed by atoms with Crippen LogP contribution in [0.5, 0.6) is 0 Å². The molecule has 3 aromatic carbocycles. The maximum Gasteiger partial charge on any atom is 0.255 e. The van der Waals surface area contributed by atoms with Gasteiger partial charge >= 0.3 is 0 Å². The summed E-state index contributed by atoms with van der Waals surface area (Å²) >= 11 is 0. The molecule has 8 heteroatoms. The first kappa shape index (κ1) is 23.7. The Balaban J connectivity index is 1.74. The Morgan fingerprint density at radius 3 is 2.30 bits per heavy atom. The van der Waals surface area contributed by atoms with E-state index >= 15 is 0 Å². The number of amides is 1. The number of rotatable bonds is 9. The third-order valence-electron chi connectivity index (χ3n) is 4.69. The average molecular weight is 454 g/mol.